The molecule has 0 aliphatic carbocycles. The predicted octanol–water partition coefficient (Wildman–Crippen LogP) is 2.48. The van der Waals surface area contributed by atoms with E-state index in [1.54, 1.807) is 26.3 Å². The van der Waals surface area contributed by atoms with Crippen LogP contribution in [0.1, 0.15) is 34.6 Å². The molecule has 0 saturated carbocycles. The highest BCUT2D eigenvalue weighted by molar-refractivity contribution is 5.65. The third-order valence-corrected chi connectivity index (χ3v) is 0.709. The lowest BCUT2D eigenvalue weighted by Gasteiger charge is -1.80. The Balaban J connectivity index is -0.0000000693. The molecule has 0 aromatic rings. The molecule has 0 saturated heterocycles. The molecule has 17 heavy (non-hydrogen) atoms. The molecule has 0 bridgehead atoms. The van der Waals surface area contributed by atoms with Crippen molar-refractivity contribution in [1.82, 2.24) is 0 Å². The summed E-state index contributed by atoms with van der Waals surface area (Å²) < 4.78 is 4.11. The second kappa shape index (κ2) is 36.6. The molecule has 0 unspecified atom stereocenters. The van der Waals surface area contributed by atoms with Gasteiger partial charge in [0, 0.05) is 19.4 Å². The summed E-state index contributed by atoms with van der Waals surface area (Å²) in [4.78, 5) is 18.1. The summed E-state index contributed by atoms with van der Waals surface area (Å²) in [6.45, 7) is 8.95. The van der Waals surface area contributed by atoms with Crippen LogP contribution in [0.2, 0.25) is 0 Å². The maximum atomic E-state index is 9.59. The standard InChI is InChI=1S/2C3H7NO.C3H6O2.C2H6/c2*1-3-4-5-2;1-3(4)5-2;1-2/h2*3H,1-2H3;1-2H3;1-2H3. The van der Waals surface area contributed by atoms with Gasteiger partial charge in [-0.15, -0.1) is 10.3 Å². The predicted molar refractivity (Wildman–Crippen MR) is 71.4 cm³/mol. The molecular formula is C11H26N2O4. The van der Waals surface area contributed by atoms with Crippen LogP contribution in [0.5, 0.6) is 0 Å². The molecule has 0 aliphatic rings. The lowest BCUT2D eigenvalue weighted by molar-refractivity contribution is -0.137. The topological polar surface area (TPSA) is 69.5 Å². The van der Waals surface area contributed by atoms with Crippen molar-refractivity contribution in [3.8, 4) is 0 Å². The first-order valence-electron chi connectivity index (χ1n) is 5.17. The van der Waals surface area contributed by atoms with Crippen molar-refractivity contribution in [2.45, 2.75) is 34.6 Å². The molecule has 0 rings (SSSR count). The summed E-state index contributed by atoms with van der Waals surface area (Å²) in [5, 5.41) is 6.69. The minimum atomic E-state index is -0.245. The molecule has 0 amide bonds. The third-order valence-electron chi connectivity index (χ3n) is 0.709. The monoisotopic (exact) mass is 250 g/mol. The molecule has 0 radical (unpaired) electrons. The number of hydrogen-bond donors (Lipinski definition) is 0. The molecule has 0 aromatic heterocycles. The van der Waals surface area contributed by atoms with E-state index in [0.717, 1.165) is 0 Å². The molecule has 0 N–H and O–H groups in total. The fraction of sp³-hybridized carbons (Fsp3) is 0.727. The van der Waals surface area contributed by atoms with Crippen LogP contribution >= 0.6 is 0 Å². The molecule has 0 atom stereocenters. The molecule has 0 aromatic carbocycles. The van der Waals surface area contributed by atoms with Gasteiger partial charge < -0.3 is 14.4 Å². The second-order valence-electron chi connectivity index (χ2n) is 1.79. The average Bonchev–Trinajstić information content (AvgIpc) is 2.35. The molecule has 104 valence electrons. The van der Waals surface area contributed by atoms with Gasteiger partial charge in [-0.3, -0.25) is 4.79 Å². The van der Waals surface area contributed by atoms with Gasteiger partial charge in [-0.1, -0.05) is 13.8 Å². The summed E-state index contributed by atoms with van der Waals surface area (Å²) in [7, 11) is 4.38. The average molecular weight is 250 g/mol. The quantitative estimate of drug-likeness (QED) is 0.429. The second-order valence-corrected chi connectivity index (χ2v) is 1.79. The largest absolute Gasteiger partial charge is 0.469 e. The molecule has 6 heteroatoms. The number of methoxy groups -OCH3 is 1. The first-order valence-corrected chi connectivity index (χ1v) is 5.17. The van der Waals surface area contributed by atoms with Crippen molar-refractivity contribution in [3.05, 3.63) is 0 Å². The van der Waals surface area contributed by atoms with Crippen LogP contribution in [0, 0.1) is 0 Å². The van der Waals surface area contributed by atoms with Crippen molar-refractivity contribution >= 4 is 18.4 Å². The van der Waals surface area contributed by atoms with Gasteiger partial charge in [-0.2, -0.15) is 0 Å². The highest BCUT2D eigenvalue weighted by Gasteiger charge is 1.75. The number of rotatable bonds is 2. The van der Waals surface area contributed by atoms with Crippen LogP contribution in [0.15, 0.2) is 10.3 Å². The lowest BCUT2D eigenvalue weighted by atomic mass is 10.8. The Kier molecular flexibility index (Phi) is 53.0. The minimum Gasteiger partial charge on any atom is -0.469 e. The molecule has 6 nitrogen and oxygen atoms in total. The van der Waals surface area contributed by atoms with Crippen molar-refractivity contribution in [2.75, 3.05) is 21.3 Å². The SMILES string of the molecule is CC.CC=NOC.CC=NOC.COC(C)=O. The van der Waals surface area contributed by atoms with Crippen LogP contribution in [0.3, 0.4) is 0 Å². The molecule has 0 fully saturated rings. The fourth-order valence-corrected chi connectivity index (χ4v) is 0.211. The van der Waals surface area contributed by atoms with E-state index < -0.39 is 0 Å². The summed E-state index contributed by atoms with van der Waals surface area (Å²) >= 11 is 0. The fourth-order valence-electron chi connectivity index (χ4n) is 0.211. The van der Waals surface area contributed by atoms with Crippen LogP contribution in [0.25, 0.3) is 0 Å². The van der Waals surface area contributed by atoms with Crippen LogP contribution in [-0.2, 0) is 19.2 Å². The molecular weight excluding hydrogens is 224 g/mol. The van der Waals surface area contributed by atoms with E-state index >= 15 is 0 Å². The molecule has 0 heterocycles. The third kappa shape index (κ3) is 114. The Bertz CT molecular complexity index is 159. The van der Waals surface area contributed by atoms with Gasteiger partial charge >= 0.3 is 5.97 Å². The van der Waals surface area contributed by atoms with E-state index in [-0.39, 0.29) is 5.97 Å². The lowest BCUT2D eigenvalue weighted by Crippen LogP contribution is -1.88. The van der Waals surface area contributed by atoms with Gasteiger partial charge in [0.1, 0.15) is 14.2 Å². The van der Waals surface area contributed by atoms with Crippen molar-refractivity contribution in [2.24, 2.45) is 10.3 Å². The maximum absolute atomic E-state index is 9.59. The van der Waals surface area contributed by atoms with E-state index in [4.69, 9.17) is 0 Å². The van der Waals surface area contributed by atoms with Crippen LogP contribution in [-0.4, -0.2) is 39.7 Å². The Morgan fingerprint density at radius 2 is 1.18 bits per heavy atom. The van der Waals surface area contributed by atoms with Gasteiger partial charge in [-0.25, -0.2) is 0 Å². The summed E-state index contributed by atoms with van der Waals surface area (Å²) in [5.41, 5.74) is 0. The highest BCUT2D eigenvalue weighted by Crippen LogP contribution is 1.60. The maximum Gasteiger partial charge on any atom is 0.302 e. The molecule has 0 spiro atoms. The normalized spacial score (nSPS) is 7.76. The summed E-state index contributed by atoms with van der Waals surface area (Å²) in [6.07, 6.45) is 3.17. The van der Waals surface area contributed by atoms with Gasteiger partial charge in [0.25, 0.3) is 0 Å². The summed E-state index contributed by atoms with van der Waals surface area (Å²) in [5.74, 6) is -0.245. The van der Waals surface area contributed by atoms with Crippen molar-refractivity contribution in [3.63, 3.8) is 0 Å². The van der Waals surface area contributed by atoms with Gasteiger partial charge in [-0.05, 0) is 13.8 Å². The van der Waals surface area contributed by atoms with Gasteiger partial charge in [0.05, 0.1) is 7.11 Å². The number of carbonyl (C=O) groups excluding carboxylic acids is 1. The van der Waals surface area contributed by atoms with Crippen LogP contribution in [0.4, 0.5) is 0 Å². The zero-order valence-corrected chi connectivity index (χ0v) is 12.2. The first kappa shape index (κ1) is 24.6. The van der Waals surface area contributed by atoms with E-state index in [2.05, 4.69) is 24.7 Å². The van der Waals surface area contributed by atoms with Crippen LogP contribution < -0.4 is 0 Å². The number of oxime groups is 2. The van der Waals surface area contributed by atoms with Gasteiger partial charge in [0.15, 0.2) is 0 Å². The Hall–Kier alpha value is -1.59. The Labute approximate surface area is 105 Å². The zero-order chi connectivity index (χ0) is 14.5. The number of nitrogens with zero attached hydrogens (tertiary/aromatic N) is 2. The van der Waals surface area contributed by atoms with E-state index in [1.165, 1.54) is 28.3 Å². The number of hydrogen-bond acceptors (Lipinski definition) is 6. The van der Waals surface area contributed by atoms with Crippen molar-refractivity contribution in [1.29, 1.82) is 0 Å². The van der Waals surface area contributed by atoms with E-state index in [1.807, 2.05) is 13.8 Å². The smallest absolute Gasteiger partial charge is 0.302 e. The number of carbonyl (C=O) groups is 1. The van der Waals surface area contributed by atoms with Gasteiger partial charge in [0.2, 0.25) is 0 Å². The first-order chi connectivity index (χ1) is 8.10. The minimum absolute atomic E-state index is 0.245. The van der Waals surface area contributed by atoms with Crippen molar-refractivity contribution < 1.29 is 19.2 Å². The number of esters is 1. The molecule has 0 aliphatic heterocycles. The van der Waals surface area contributed by atoms with E-state index in [0.29, 0.717) is 0 Å². The zero-order valence-electron chi connectivity index (χ0n) is 12.2. The van der Waals surface area contributed by atoms with E-state index in [9.17, 15) is 4.79 Å². The summed E-state index contributed by atoms with van der Waals surface area (Å²) in [6, 6.07) is 0. The Morgan fingerprint density at radius 3 is 1.18 bits per heavy atom. The highest BCUT2D eigenvalue weighted by atomic mass is 16.6. The Morgan fingerprint density at radius 1 is 0.941 bits per heavy atom. The number of ether oxygens (including phenoxy) is 1.